The molecule has 1 atom stereocenters. The Kier molecular flexibility index (Phi) is 6.67. The zero-order chi connectivity index (χ0) is 21.8. The fraction of sp³-hybridized carbons (Fsp3) is 0.391. The highest BCUT2D eigenvalue weighted by Crippen LogP contribution is 2.35. The average molecular weight is 444 g/mol. The number of benzene rings is 1. The van der Waals surface area contributed by atoms with Gasteiger partial charge in [-0.3, -0.25) is 4.79 Å². The lowest BCUT2D eigenvalue weighted by molar-refractivity contribution is 0.0676. The standard InChI is InChI=1S/C23H26FN3O3S/c1-3-16(2)27(22(28)20-9-6-14-31-20)15-18-21(17-7-4-5-8-19(17)24)25-30-23(18)26-10-12-29-13-11-26/h4-9,14,16H,3,10-13,15H2,1-2H3. The molecule has 31 heavy (non-hydrogen) atoms. The third-order valence-electron chi connectivity index (χ3n) is 5.64. The number of nitrogens with zero attached hydrogens (tertiary/aromatic N) is 3. The van der Waals surface area contributed by atoms with Gasteiger partial charge in [0.05, 0.1) is 30.2 Å². The number of morpholine rings is 1. The quantitative estimate of drug-likeness (QED) is 0.524. The van der Waals surface area contributed by atoms with E-state index in [0.29, 0.717) is 48.3 Å². The van der Waals surface area contributed by atoms with Crippen molar-refractivity contribution in [1.82, 2.24) is 10.1 Å². The number of hydrogen-bond donors (Lipinski definition) is 0. The van der Waals surface area contributed by atoms with Gasteiger partial charge in [-0.25, -0.2) is 4.39 Å². The molecule has 1 aliphatic heterocycles. The van der Waals surface area contributed by atoms with E-state index in [1.165, 1.54) is 17.4 Å². The minimum atomic E-state index is -0.370. The van der Waals surface area contributed by atoms with Gasteiger partial charge in [-0.15, -0.1) is 11.3 Å². The second kappa shape index (κ2) is 9.62. The van der Waals surface area contributed by atoms with Crippen LogP contribution in [0.25, 0.3) is 11.3 Å². The maximum Gasteiger partial charge on any atom is 0.264 e. The maximum absolute atomic E-state index is 14.7. The van der Waals surface area contributed by atoms with Crippen molar-refractivity contribution < 1.29 is 18.4 Å². The molecule has 0 radical (unpaired) electrons. The summed E-state index contributed by atoms with van der Waals surface area (Å²) in [5.41, 5.74) is 1.53. The smallest absolute Gasteiger partial charge is 0.264 e. The Morgan fingerprint density at radius 1 is 1.26 bits per heavy atom. The van der Waals surface area contributed by atoms with Crippen LogP contribution >= 0.6 is 11.3 Å². The van der Waals surface area contributed by atoms with Crippen molar-refractivity contribution in [2.75, 3.05) is 31.2 Å². The van der Waals surface area contributed by atoms with Crippen LogP contribution in [0.2, 0.25) is 0 Å². The molecular formula is C23H26FN3O3S. The van der Waals surface area contributed by atoms with E-state index in [9.17, 15) is 9.18 Å². The molecule has 1 aromatic carbocycles. The number of ether oxygens (including phenoxy) is 1. The number of anilines is 1. The van der Waals surface area contributed by atoms with Crippen LogP contribution in [0.1, 0.15) is 35.5 Å². The number of carbonyl (C=O) groups is 1. The first kappa shape index (κ1) is 21.5. The first-order valence-electron chi connectivity index (χ1n) is 10.5. The number of carbonyl (C=O) groups excluding carboxylic acids is 1. The van der Waals surface area contributed by atoms with E-state index in [4.69, 9.17) is 9.26 Å². The highest BCUT2D eigenvalue weighted by atomic mass is 32.1. The molecule has 6 nitrogen and oxygen atoms in total. The largest absolute Gasteiger partial charge is 0.378 e. The van der Waals surface area contributed by atoms with Crippen molar-refractivity contribution in [2.45, 2.75) is 32.9 Å². The SMILES string of the molecule is CCC(C)N(Cc1c(-c2ccccc2F)noc1N1CCOCC1)C(=O)c1cccs1. The molecule has 1 unspecified atom stereocenters. The number of amides is 1. The number of hydrogen-bond acceptors (Lipinski definition) is 6. The second-order valence-corrected chi connectivity index (χ2v) is 8.51. The summed E-state index contributed by atoms with van der Waals surface area (Å²) in [7, 11) is 0. The lowest BCUT2D eigenvalue weighted by Gasteiger charge is -2.31. The zero-order valence-electron chi connectivity index (χ0n) is 17.7. The normalized spacial score (nSPS) is 15.1. The molecule has 0 N–H and O–H groups in total. The molecule has 3 aromatic rings. The predicted octanol–water partition coefficient (Wildman–Crippen LogP) is 4.82. The van der Waals surface area contributed by atoms with Gasteiger partial charge in [0.2, 0.25) is 5.88 Å². The Balaban J connectivity index is 1.77. The summed E-state index contributed by atoms with van der Waals surface area (Å²) in [5.74, 6) is 0.164. The molecule has 4 rings (SSSR count). The fourth-order valence-corrected chi connectivity index (χ4v) is 4.36. The van der Waals surface area contributed by atoms with Crippen molar-refractivity contribution in [1.29, 1.82) is 0 Å². The number of rotatable bonds is 7. The van der Waals surface area contributed by atoms with Gasteiger partial charge in [0, 0.05) is 24.7 Å². The van der Waals surface area contributed by atoms with E-state index in [0.717, 1.165) is 12.0 Å². The van der Waals surface area contributed by atoms with E-state index in [-0.39, 0.29) is 24.3 Å². The first-order chi connectivity index (χ1) is 15.1. The summed E-state index contributed by atoms with van der Waals surface area (Å²) in [4.78, 5) is 17.9. The fourth-order valence-electron chi connectivity index (χ4n) is 3.68. The molecule has 8 heteroatoms. The van der Waals surface area contributed by atoms with Crippen molar-refractivity contribution in [3.8, 4) is 11.3 Å². The van der Waals surface area contributed by atoms with Crippen LogP contribution < -0.4 is 4.90 Å². The number of halogens is 1. The molecule has 164 valence electrons. The number of thiophene rings is 1. The van der Waals surface area contributed by atoms with Gasteiger partial charge >= 0.3 is 0 Å². The summed E-state index contributed by atoms with van der Waals surface area (Å²) in [6.07, 6.45) is 0.796. The summed E-state index contributed by atoms with van der Waals surface area (Å²) in [6.45, 7) is 6.83. The van der Waals surface area contributed by atoms with Gasteiger partial charge in [0.1, 0.15) is 11.5 Å². The molecule has 1 saturated heterocycles. The van der Waals surface area contributed by atoms with Crippen molar-refractivity contribution in [3.63, 3.8) is 0 Å². The van der Waals surface area contributed by atoms with Gasteiger partial charge in [0.25, 0.3) is 5.91 Å². The van der Waals surface area contributed by atoms with Crippen molar-refractivity contribution in [3.05, 3.63) is 58.0 Å². The minimum absolute atomic E-state index is 0.00416. The van der Waals surface area contributed by atoms with Crippen LogP contribution in [-0.2, 0) is 11.3 Å². The Morgan fingerprint density at radius 2 is 2.03 bits per heavy atom. The van der Waals surface area contributed by atoms with Crippen molar-refractivity contribution in [2.24, 2.45) is 0 Å². The highest BCUT2D eigenvalue weighted by Gasteiger charge is 2.30. The predicted molar refractivity (Wildman–Crippen MR) is 119 cm³/mol. The topological polar surface area (TPSA) is 58.8 Å². The summed E-state index contributed by atoms with van der Waals surface area (Å²) >= 11 is 1.42. The zero-order valence-corrected chi connectivity index (χ0v) is 18.5. The molecule has 2 aromatic heterocycles. The molecule has 0 saturated carbocycles. The summed E-state index contributed by atoms with van der Waals surface area (Å²) in [5, 5.41) is 6.14. The van der Waals surface area contributed by atoms with Crippen LogP contribution in [0.3, 0.4) is 0 Å². The lowest BCUT2D eigenvalue weighted by atomic mass is 10.0. The summed E-state index contributed by atoms with van der Waals surface area (Å²) < 4.78 is 25.9. The van der Waals surface area contributed by atoms with E-state index in [1.54, 1.807) is 18.2 Å². The molecule has 0 spiro atoms. The van der Waals surface area contributed by atoms with E-state index in [2.05, 4.69) is 10.1 Å². The molecule has 1 aliphatic rings. The van der Waals surface area contributed by atoms with Crippen molar-refractivity contribution >= 4 is 23.1 Å². The van der Waals surface area contributed by atoms with Gasteiger partial charge < -0.3 is 19.1 Å². The van der Waals surface area contributed by atoms with Gasteiger partial charge in [-0.2, -0.15) is 0 Å². The molecule has 3 heterocycles. The molecule has 0 bridgehead atoms. The first-order valence-corrected chi connectivity index (χ1v) is 11.4. The van der Waals surface area contributed by atoms with Crippen LogP contribution in [0, 0.1) is 5.82 Å². The van der Waals surface area contributed by atoms with E-state index >= 15 is 0 Å². The summed E-state index contributed by atoms with van der Waals surface area (Å²) in [6, 6.07) is 10.2. The lowest BCUT2D eigenvalue weighted by Crippen LogP contribution is -2.39. The third-order valence-corrected chi connectivity index (χ3v) is 6.50. The van der Waals surface area contributed by atoms with E-state index < -0.39 is 0 Å². The molecule has 0 aliphatic carbocycles. The van der Waals surface area contributed by atoms with Crippen LogP contribution in [0.4, 0.5) is 10.3 Å². The molecular weight excluding hydrogens is 417 g/mol. The highest BCUT2D eigenvalue weighted by molar-refractivity contribution is 7.12. The van der Waals surface area contributed by atoms with Gasteiger partial charge in [-0.1, -0.05) is 30.3 Å². The van der Waals surface area contributed by atoms with Crippen LogP contribution in [0.5, 0.6) is 0 Å². The third kappa shape index (κ3) is 4.50. The molecule has 1 amide bonds. The van der Waals surface area contributed by atoms with Gasteiger partial charge in [-0.05, 0) is 36.9 Å². The minimum Gasteiger partial charge on any atom is -0.378 e. The Morgan fingerprint density at radius 3 is 2.71 bits per heavy atom. The number of aromatic nitrogens is 1. The molecule has 1 fully saturated rings. The average Bonchev–Trinajstić information content (AvgIpc) is 3.48. The van der Waals surface area contributed by atoms with Crippen LogP contribution in [0.15, 0.2) is 46.3 Å². The Hall–Kier alpha value is -2.71. The maximum atomic E-state index is 14.7. The van der Waals surface area contributed by atoms with Gasteiger partial charge in [0.15, 0.2) is 0 Å². The Labute approximate surface area is 185 Å². The second-order valence-electron chi connectivity index (χ2n) is 7.56. The Bertz CT molecular complexity index is 1020. The van der Waals surface area contributed by atoms with Crippen LogP contribution in [-0.4, -0.2) is 48.3 Å². The van der Waals surface area contributed by atoms with E-state index in [1.807, 2.05) is 36.3 Å². The monoisotopic (exact) mass is 443 g/mol.